The van der Waals surface area contributed by atoms with Crippen LogP contribution in [0.15, 0.2) is 58.7 Å². The average molecular weight is 306 g/mol. The Balaban J connectivity index is 2.36. The van der Waals surface area contributed by atoms with Gasteiger partial charge in [-0.05, 0) is 74.6 Å². The molecule has 0 spiro atoms. The lowest BCUT2D eigenvalue weighted by molar-refractivity contribution is 0.0791. The van der Waals surface area contributed by atoms with Crippen LogP contribution in [0.25, 0.3) is 10.8 Å². The Morgan fingerprint density at radius 1 is 0.826 bits per heavy atom. The summed E-state index contributed by atoms with van der Waals surface area (Å²) in [5, 5.41) is 13.2. The minimum absolute atomic E-state index is 0.279. The maximum atomic E-state index is 10.9. The van der Waals surface area contributed by atoms with Crippen LogP contribution in [0.5, 0.6) is 0 Å². The van der Waals surface area contributed by atoms with Gasteiger partial charge >= 0.3 is 0 Å². The molecule has 0 aromatic heterocycles. The van der Waals surface area contributed by atoms with Crippen LogP contribution in [-0.2, 0) is 5.60 Å². The topological polar surface area (TPSA) is 20.2 Å². The van der Waals surface area contributed by atoms with Crippen LogP contribution >= 0.6 is 0 Å². The molecule has 1 nitrogen and oxygen atoms in total. The van der Waals surface area contributed by atoms with Crippen molar-refractivity contribution in [2.75, 3.05) is 0 Å². The van der Waals surface area contributed by atoms with Gasteiger partial charge in [-0.3, -0.25) is 0 Å². The van der Waals surface area contributed by atoms with Gasteiger partial charge in [-0.1, -0.05) is 47.5 Å². The standard InChI is InChI=1S/C22H26O/c1-13-14(2)16(4)20(15(13)3)19-12-11-17-9-7-8-10-18(17)21(19)22(5,6)23/h7-12,20,23H,1-6H3. The highest BCUT2D eigenvalue weighted by Gasteiger charge is 2.32. The van der Waals surface area contributed by atoms with Gasteiger partial charge < -0.3 is 5.11 Å². The third-order valence-corrected chi connectivity index (χ3v) is 5.50. The van der Waals surface area contributed by atoms with Gasteiger partial charge in [0, 0.05) is 5.92 Å². The zero-order chi connectivity index (χ0) is 16.9. The van der Waals surface area contributed by atoms with E-state index in [9.17, 15) is 5.11 Å². The van der Waals surface area contributed by atoms with Crippen molar-refractivity contribution in [3.05, 3.63) is 69.8 Å². The zero-order valence-electron chi connectivity index (χ0n) is 15.0. The van der Waals surface area contributed by atoms with E-state index >= 15 is 0 Å². The molecule has 2 aromatic carbocycles. The van der Waals surface area contributed by atoms with Crippen LogP contribution in [-0.4, -0.2) is 5.11 Å². The fraction of sp³-hybridized carbons (Fsp3) is 0.364. The van der Waals surface area contributed by atoms with E-state index in [1.807, 2.05) is 13.8 Å². The molecule has 1 aliphatic carbocycles. The average Bonchev–Trinajstić information content (AvgIpc) is 2.69. The van der Waals surface area contributed by atoms with Crippen molar-refractivity contribution < 1.29 is 5.11 Å². The summed E-state index contributed by atoms with van der Waals surface area (Å²) in [4.78, 5) is 0. The molecule has 120 valence electrons. The lowest BCUT2D eigenvalue weighted by atomic mass is 9.79. The molecule has 1 N–H and O–H groups in total. The van der Waals surface area contributed by atoms with Gasteiger partial charge in [0.15, 0.2) is 0 Å². The van der Waals surface area contributed by atoms with E-state index in [0.29, 0.717) is 0 Å². The van der Waals surface area contributed by atoms with Crippen LogP contribution in [0.4, 0.5) is 0 Å². The van der Waals surface area contributed by atoms with Crippen molar-refractivity contribution in [1.82, 2.24) is 0 Å². The molecule has 0 bridgehead atoms. The van der Waals surface area contributed by atoms with E-state index in [0.717, 1.165) is 10.9 Å². The smallest absolute Gasteiger partial charge is 0.0849 e. The Morgan fingerprint density at radius 2 is 1.39 bits per heavy atom. The number of benzene rings is 2. The molecular formula is C22H26O. The third kappa shape index (κ3) is 2.44. The Kier molecular flexibility index (Phi) is 3.72. The van der Waals surface area contributed by atoms with Gasteiger partial charge in [0.25, 0.3) is 0 Å². The predicted molar refractivity (Wildman–Crippen MR) is 98.7 cm³/mol. The van der Waals surface area contributed by atoms with E-state index in [1.165, 1.54) is 33.2 Å². The lowest BCUT2D eigenvalue weighted by Gasteiger charge is -2.28. The van der Waals surface area contributed by atoms with Gasteiger partial charge in [-0.2, -0.15) is 0 Å². The number of fused-ring (bicyclic) bond motifs is 1. The number of aliphatic hydroxyl groups is 1. The molecule has 0 radical (unpaired) electrons. The fourth-order valence-electron chi connectivity index (χ4n) is 4.03. The van der Waals surface area contributed by atoms with E-state index in [4.69, 9.17) is 0 Å². The second kappa shape index (κ2) is 5.35. The highest BCUT2D eigenvalue weighted by atomic mass is 16.3. The first-order valence-electron chi connectivity index (χ1n) is 8.33. The zero-order valence-corrected chi connectivity index (χ0v) is 15.0. The van der Waals surface area contributed by atoms with Crippen LogP contribution < -0.4 is 0 Å². The number of hydrogen-bond acceptors (Lipinski definition) is 1. The summed E-state index contributed by atoms with van der Waals surface area (Å²) in [6.45, 7) is 12.7. The van der Waals surface area contributed by atoms with Crippen LogP contribution in [0.2, 0.25) is 0 Å². The molecule has 0 unspecified atom stereocenters. The summed E-state index contributed by atoms with van der Waals surface area (Å²) in [6, 6.07) is 12.7. The molecule has 0 atom stereocenters. The minimum Gasteiger partial charge on any atom is -0.386 e. The van der Waals surface area contributed by atoms with Crippen LogP contribution in [0.1, 0.15) is 58.6 Å². The molecule has 1 heteroatoms. The minimum atomic E-state index is -0.874. The molecule has 0 aliphatic heterocycles. The quantitative estimate of drug-likeness (QED) is 0.739. The molecule has 0 saturated carbocycles. The van der Waals surface area contributed by atoms with Crippen molar-refractivity contribution in [1.29, 1.82) is 0 Å². The largest absolute Gasteiger partial charge is 0.386 e. The number of rotatable bonds is 2. The summed E-state index contributed by atoms with van der Waals surface area (Å²) < 4.78 is 0. The molecule has 3 rings (SSSR count). The summed E-state index contributed by atoms with van der Waals surface area (Å²) in [7, 11) is 0. The first-order valence-corrected chi connectivity index (χ1v) is 8.33. The second-order valence-electron chi connectivity index (χ2n) is 7.36. The normalized spacial score (nSPS) is 16.8. The summed E-state index contributed by atoms with van der Waals surface area (Å²) in [6.07, 6.45) is 0. The molecule has 23 heavy (non-hydrogen) atoms. The van der Waals surface area contributed by atoms with Crippen LogP contribution in [0.3, 0.4) is 0 Å². The van der Waals surface area contributed by atoms with Crippen molar-refractivity contribution in [2.24, 2.45) is 0 Å². The first kappa shape index (κ1) is 16.0. The van der Waals surface area contributed by atoms with Crippen molar-refractivity contribution in [3.63, 3.8) is 0 Å². The van der Waals surface area contributed by atoms with Gasteiger partial charge in [0.1, 0.15) is 0 Å². The highest BCUT2D eigenvalue weighted by molar-refractivity contribution is 5.88. The van der Waals surface area contributed by atoms with E-state index < -0.39 is 5.60 Å². The Hall–Kier alpha value is -1.86. The first-order chi connectivity index (χ1) is 10.7. The molecule has 0 fully saturated rings. The van der Waals surface area contributed by atoms with Gasteiger partial charge in [-0.25, -0.2) is 0 Å². The van der Waals surface area contributed by atoms with E-state index in [-0.39, 0.29) is 5.92 Å². The lowest BCUT2D eigenvalue weighted by Crippen LogP contribution is -2.20. The molecule has 2 aromatic rings. The van der Waals surface area contributed by atoms with Gasteiger partial charge in [-0.15, -0.1) is 0 Å². The fourth-order valence-corrected chi connectivity index (χ4v) is 4.03. The maximum absolute atomic E-state index is 10.9. The molecule has 0 heterocycles. The van der Waals surface area contributed by atoms with Gasteiger partial charge in [0.2, 0.25) is 0 Å². The molecule has 1 aliphatic rings. The van der Waals surface area contributed by atoms with Gasteiger partial charge in [0.05, 0.1) is 5.60 Å². The summed E-state index contributed by atoms with van der Waals surface area (Å²) in [5.74, 6) is 0.279. The number of allylic oxidation sites excluding steroid dienone is 4. The third-order valence-electron chi connectivity index (χ3n) is 5.50. The predicted octanol–water partition coefficient (Wildman–Crippen LogP) is 5.84. The Labute approximate surface area is 139 Å². The Bertz CT molecular complexity index is 820. The van der Waals surface area contributed by atoms with Crippen LogP contribution in [0, 0.1) is 0 Å². The second-order valence-corrected chi connectivity index (χ2v) is 7.36. The van der Waals surface area contributed by atoms with Crippen molar-refractivity contribution in [2.45, 2.75) is 53.1 Å². The molecule has 0 saturated heterocycles. The van der Waals surface area contributed by atoms with E-state index in [1.54, 1.807) is 0 Å². The molecular weight excluding hydrogens is 280 g/mol. The monoisotopic (exact) mass is 306 g/mol. The van der Waals surface area contributed by atoms with Crippen molar-refractivity contribution in [3.8, 4) is 0 Å². The van der Waals surface area contributed by atoms with Crippen molar-refractivity contribution >= 4 is 10.8 Å². The molecule has 0 amide bonds. The SMILES string of the molecule is CC1=C(C)C(c2ccc3ccccc3c2C(C)(C)O)C(C)=C1C. The van der Waals surface area contributed by atoms with E-state index in [2.05, 4.69) is 64.1 Å². The summed E-state index contributed by atoms with van der Waals surface area (Å²) >= 11 is 0. The Morgan fingerprint density at radius 3 is 1.96 bits per heavy atom. The number of hydrogen-bond donors (Lipinski definition) is 1. The summed E-state index contributed by atoms with van der Waals surface area (Å²) in [5.41, 5.74) is 7.01. The highest BCUT2D eigenvalue weighted by Crippen LogP contribution is 2.47. The maximum Gasteiger partial charge on any atom is 0.0849 e.